The van der Waals surface area contributed by atoms with Crippen molar-refractivity contribution >= 4 is 33.6 Å². The number of benzene rings is 2. The Labute approximate surface area is 159 Å². The van der Waals surface area contributed by atoms with Crippen LogP contribution in [-0.4, -0.2) is 28.5 Å². The maximum absolute atomic E-state index is 13.1. The first kappa shape index (κ1) is 21.2. The first-order valence-electron chi connectivity index (χ1n) is 7.46. The number of halogens is 4. The number of carbonyl (C=O) groups is 1. The highest BCUT2D eigenvalue weighted by molar-refractivity contribution is 7.92. The normalized spacial score (nSPS) is 12.1. The first-order valence-corrected chi connectivity index (χ1v) is 9.28. The van der Waals surface area contributed by atoms with E-state index in [1.165, 1.54) is 19.2 Å². The van der Waals surface area contributed by atoms with E-state index >= 15 is 0 Å². The van der Waals surface area contributed by atoms with Crippen LogP contribution in [0.4, 0.5) is 18.9 Å². The number of carbonyl (C=O) groups excluding carboxylic acids is 1. The molecule has 5 nitrogen and oxygen atoms in total. The monoisotopic (exact) mass is 421 g/mol. The van der Waals surface area contributed by atoms with E-state index in [1.54, 1.807) is 13.0 Å². The summed E-state index contributed by atoms with van der Waals surface area (Å²) >= 11 is 5.56. The molecule has 2 aromatic rings. The van der Waals surface area contributed by atoms with Crippen LogP contribution in [0.3, 0.4) is 0 Å². The number of hydrogen-bond donors (Lipinski definition) is 0. The number of rotatable bonds is 6. The molecule has 27 heavy (non-hydrogen) atoms. The van der Waals surface area contributed by atoms with Crippen LogP contribution in [-0.2, 0) is 20.9 Å². The number of aryl methyl sites for hydroxylation is 1. The molecule has 0 saturated carbocycles. The number of aldehydes is 1. The van der Waals surface area contributed by atoms with Gasteiger partial charge in [-0.3, -0.25) is 4.79 Å². The lowest BCUT2D eigenvalue weighted by molar-refractivity contribution is -0.137. The van der Waals surface area contributed by atoms with Crippen LogP contribution in [0.25, 0.3) is 0 Å². The van der Waals surface area contributed by atoms with Gasteiger partial charge in [0.05, 0.1) is 21.2 Å². The van der Waals surface area contributed by atoms with Gasteiger partial charge in [-0.2, -0.15) is 13.2 Å². The molecule has 0 saturated heterocycles. The van der Waals surface area contributed by atoms with E-state index in [-0.39, 0.29) is 11.3 Å². The third-order valence-corrected chi connectivity index (χ3v) is 5.72. The topological polar surface area (TPSA) is 63.7 Å². The molecular formula is C17H15ClF3NO4S. The standard InChI is InChI=1S/C17H15ClF3NO4S/c1-11-3-4-12(9-23)16(7-11)22(10-26-2)27(24,25)13-5-6-15(18)14(8-13)17(19,20)21/h3-9H,10H2,1-2H3. The lowest BCUT2D eigenvalue weighted by atomic mass is 10.1. The lowest BCUT2D eigenvalue weighted by Gasteiger charge is -2.25. The number of anilines is 1. The molecule has 2 aromatic carbocycles. The van der Waals surface area contributed by atoms with Gasteiger partial charge in [0.1, 0.15) is 6.73 Å². The van der Waals surface area contributed by atoms with Crippen molar-refractivity contribution in [1.29, 1.82) is 0 Å². The molecule has 0 spiro atoms. The zero-order valence-corrected chi connectivity index (χ0v) is 15.8. The number of alkyl halides is 3. The van der Waals surface area contributed by atoms with Crippen LogP contribution in [0, 0.1) is 6.92 Å². The van der Waals surface area contributed by atoms with Crippen LogP contribution in [0.1, 0.15) is 21.5 Å². The molecule has 0 heterocycles. The zero-order valence-electron chi connectivity index (χ0n) is 14.2. The van der Waals surface area contributed by atoms with E-state index in [1.807, 2.05) is 0 Å². The Bertz CT molecular complexity index is 961. The maximum atomic E-state index is 13.1. The largest absolute Gasteiger partial charge is 0.417 e. The highest BCUT2D eigenvalue weighted by Gasteiger charge is 2.36. The quantitative estimate of drug-likeness (QED) is 0.516. The first-order chi connectivity index (χ1) is 12.5. The molecule has 146 valence electrons. The number of nitrogens with zero attached hydrogens (tertiary/aromatic N) is 1. The highest BCUT2D eigenvalue weighted by atomic mass is 35.5. The van der Waals surface area contributed by atoms with Crippen molar-refractivity contribution in [2.24, 2.45) is 0 Å². The summed E-state index contributed by atoms with van der Waals surface area (Å²) in [5.41, 5.74) is -0.581. The summed E-state index contributed by atoms with van der Waals surface area (Å²) in [5, 5.41) is -0.621. The molecule has 10 heteroatoms. The lowest BCUT2D eigenvalue weighted by Crippen LogP contribution is -2.34. The van der Waals surface area contributed by atoms with Gasteiger partial charge in [-0.25, -0.2) is 12.7 Å². The molecule has 0 N–H and O–H groups in total. The predicted octanol–water partition coefficient (Wildman–Crippen LogP) is 4.28. The number of sulfonamides is 1. The average Bonchev–Trinajstić information content (AvgIpc) is 2.58. The van der Waals surface area contributed by atoms with Crippen molar-refractivity contribution in [3.05, 3.63) is 58.1 Å². The van der Waals surface area contributed by atoms with Gasteiger partial charge in [0.25, 0.3) is 10.0 Å². The predicted molar refractivity (Wildman–Crippen MR) is 94.6 cm³/mol. The smallest absolute Gasteiger partial charge is 0.363 e. The highest BCUT2D eigenvalue weighted by Crippen LogP contribution is 2.37. The second kappa shape index (κ2) is 7.87. The average molecular weight is 422 g/mol. The summed E-state index contributed by atoms with van der Waals surface area (Å²) in [4.78, 5) is 10.7. The summed E-state index contributed by atoms with van der Waals surface area (Å²) < 4.78 is 71.0. The Morgan fingerprint density at radius 3 is 2.41 bits per heavy atom. The Balaban J connectivity index is 2.68. The van der Waals surface area contributed by atoms with Crippen LogP contribution in [0.2, 0.25) is 5.02 Å². The Kier molecular flexibility index (Phi) is 6.18. The van der Waals surface area contributed by atoms with Crippen LogP contribution >= 0.6 is 11.6 Å². The Morgan fingerprint density at radius 1 is 1.19 bits per heavy atom. The van der Waals surface area contributed by atoms with E-state index < -0.39 is 38.4 Å². The van der Waals surface area contributed by atoms with Crippen molar-refractivity contribution in [3.63, 3.8) is 0 Å². The minimum atomic E-state index is -4.83. The fraction of sp³-hybridized carbons (Fsp3) is 0.235. The van der Waals surface area contributed by atoms with Crippen LogP contribution in [0.15, 0.2) is 41.3 Å². The summed E-state index contributed by atoms with van der Waals surface area (Å²) in [6.07, 6.45) is -4.37. The van der Waals surface area contributed by atoms with Gasteiger partial charge in [0.15, 0.2) is 6.29 Å². The summed E-state index contributed by atoms with van der Waals surface area (Å²) in [7, 11) is -3.25. The van der Waals surface area contributed by atoms with E-state index in [0.29, 0.717) is 17.9 Å². The van der Waals surface area contributed by atoms with Crippen LogP contribution < -0.4 is 4.31 Å². The third-order valence-electron chi connectivity index (χ3n) is 3.66. The molecule has 0 atom stereocenters. The van der Waals surface area contributed by atoms with Gasteiger partial charge >= 0.3 is 6.18 Å². The number of ether oxygens (including phenoxy) is 1. The zero-order chi connectivity index (χ0) is 20.4. The summed E-state index contributed by atoms with van der Waals surface area (Å²) in [6, 6.07) is 6.73. The van der Waals surface area contributed by atoms with E-state index in [0.717, 1.165) is 16.4 Å². The molecule has 0 fully saturated rings. The van der Waals surface area contributed by atoms with Gasteiger partial charge in [-0.1, -0.05) is 17.7 Å². The van der Waals surface area contributed by atoms with Crippen molar-refractivity contribution in [2.75, 3.05) is 18.1 Å². The molecule has 0 amide bonds. The number of hydrogen-bond acceptors (Lipinski definition) is 4. The SMILES string of the molecule is COCN(c1cc(C)ccc1C=O)S(=O)(=O)c1ccc(Cl)c(C(F)(F)F)c1. The number of methoxy groups -OCH3 is 1. The fourth-order valence-electron chi connectivity index (χ4n) is 2.36. The molecule has 0 aliphatic carbocycles. The van der Waals surface area contributed by atoms with Crippen molar-refractivity contribution < 1.29 is 31.1 Å². The van der Waals surface area contributed by atoms with E-state index in [9.17, 15) is 26.4 Å². The summed E-state index contributed by atoms with van der Waals surface area (Å²) in [6.45, 7) is 1.18. The van der Waals surface area contributed by atoms with Gasteiger partial charge in [-0.15, -0.1) is 0 Å². The Morgan fingerprint density at radius 2 is 1.85 bits per heavy atom. The molecule has 0 radical (unpaired) electrons. The molecule has 0 aliphatic heterocycles. The second-order valence-corrected chi connectivity index (χ2v) is 7.86. The third kappa shape index (κ3) is 4.42. The van der Waals surface area contributed by atoms with Crippen molar-refractivity contribution in [1.82, 2.24) is 0 Å². The molecule has 2 rings (SSSR count). The van der Waals surface area contributed by atoms with Gasteiger partial charge in [0, 0.05) is 12.7 Å². The Hall–Kier alpha value is -2.10. The molecular weight excluding hydrogens is 407 g/mol. The fourth-order valence-corrected chi connectivity index (χ4v) is 4.01. The minimum Gasteiger partial charge on any atom is -0.363 e. The minimum absolute atomic E-state index is 0.00430. The van der Waals surface area contributed by atoms with Crippen LogP contribution in [0.5, 0.6) is 0 Å². The van der Waals surface area contributed by atoms with Gasteiger partial charge in [0.2, 0.25) is 0 Å². The molecule has 0 bridgehead atoms. The summed E-state index contributed by atoms with van der Waals surface area (Å²) in [5.74, 6) is 0. The van der Waals surface area contributed by atoms with E-state index in [4.69, 9.17) is 16.3 Å². The van der Waals surface area contributed by atoms with Gasteiger partial charge < -0.3 is 4.74 Å². The van der Waals surface area contributed by atoms with Gasteiger partial charge in [-0.05, 0) is 42.8 Å². The van der Waals surface area contributed by atoms with Crippen molar-refractivity contribution in [2.45, 2.75) is 18.0 Å². The molecule has 0 unspecified atom stereocenters. The molecule has 0 aliphatic rings. The second-order valence-electron chi connectivity index (χ2n) is 5.59. The molecule has 0 aromatic heterocycles. The van der Waals surface area contributed by atoms with E-state index in [2.05, 4.69) is 0 Å². The maximum Gasteiger partial charge on any atom is 0.417 e. The van der Waals surface area contributed by atoms with Crippen molar-refractivity contribution in [3.8, 4) is 0 Å².